The quantitative estimate of drug-likeness (QED) is 0.430. The van der Waals surface area contributed by atoms with E-state index in [0.29, 0.717) is 22.7 Å². The SMILES string of the molecule is COc1cc2c(cc1NC(=O)/C=C/c1ccc(NS(C)(=O)=O)cc1)oc1ccccc12. The summed E-state index contributed by atoms with van der Waals surface area (Å²) in [6.07, 6.45) is 4.11. The van der Waals surface area contributed by atoms with Crippen LogP contribution in [0.2, 0.25) is 0 Å². The summed E-state index contributed by atoms with van der Waals surface area (Å²) in [4.78, 5) is 12.4. The summed E-state index contributed by atoms with van der Waals surface area (Å²) in [5, 5.41) is 4.69. The molecule has 0 atom stereocenters. The summed E-state index contributed by atoms with van der Waals surface area (Å²) >= 11 is 0. The van der Waals surface area contributed by atoms with Gasteiger partial charge < -0.3 is 14.5 Å². The molecule has 2 N–H and O–H groups in total. The largest absolute Gasteiger partial charge is 0.495 e. The molecule has 7 nitrogen and oxygen atoms in total. The van der Waals surface area contributed by atoms with Crippen molar-refractivity contribution < 1.29 is 22.4 Å². The van der Waals surface area contributed by atoms with Crippen molar-refractivity contribution in [3.8, 4) is 5.75 Å². The molecule has 3 aromatic carbocycles. The first-order chi connectivity index (χ1) is 14.8. The Hall–Kier alpha value is -3.78. The van der Waals surface area contributed by atoms with Crippen molar-refractivity contribution >= 4 is 55.3 Å². The molecule has 0 saturated carbocycles. The van der Waals surface area contributed by atoms with E-state index in [4.69, 9.17) is 9.15 Å². The molecule has 0 bridgehead atoms. The molecule has 0 unspecified atom stereocenters. The lowest BCUT2D eigenvalue weighted by molar-refractivity contribution is -0.111. The van der Waals surface area contributed by atoms with Gasteiger partial charge in [-0.05, 0) is 35.9 Å². The zero-order valence-corrected chi connectivity index (χ0v) is 17.7. The maximum Gasteiger partial charge on any atom is 0.248 e. The van der Waals surface area contributed by atoms with Gasteiger partial charge in [-0.3, -0.25) is 9.52 Å². The number of rotatable bonds is 6. The van der Waals surface area contributed by atoms with Crippen LogP contribution in [0.25, 0.3) is 28.0 Å². The standard InChI is InChI=1S/C23H20N2O5S/c1-29-22-13-18-17-5-3-4-6-20(17)30-21(18)14-19(22)24-23(26)12-9-15-7-10-16(11-8-15)25-31(2,27)28/h3-14,25H,1-2H3,(H,24,26)/b12-9+. The van der Waals surface area contributed by atoms with Crippen molar-refractivity contribution in [1.82, 2.24) is 0 Å². The van der Waals surface area contributed by atoms with Crippen LogP contribution in [0.1, 0.15) is 5.56 Å². The van der Waals surface area contributed by atoms with E-state index >= 15 is 0 Å². The zero-order chi connectivity index (χ0) is 22.0. The molecule has 0 aliphatic heterocycles. The third kappa shape index (κ3) is 4.70. The lowest BCUT2D eigenvalue weighted by Crippen LogP contribution is -2.09. The fourth-order valence-electron chi connectivity index (χ4n) is 3.24. The van der Waals surface area contributed by atoms with Crippen LogP contribution < -0.4 is 14.8 Å². The predicted octanol–water partition coefficient (Wildman–Crippen LogP) is 4.62. The fraction of sp³-hybridized carbons (Fsp3) is 0.0870. The molecule has 8 heteroatoms. The van der Waals surface area contributed by atoms with Crippen LogP contribution in [0.4, 0.5) is 11.4 Å². The topological polar surface area (TPSA) is 97.6 Å². The molecule has 0 radical (unpaired) electrons. The Labute approximate surface area is 179 Å². The molecule has 0 fully saturated rings. The lowest BCUT2D eigenvalue weighted by Gasteiger charge is -2.09. The van der Waals surface area contributed by atoms with E-state index in [1.165, 1.54) is 6.08 Å². The Morgan fingerprint density at radius 3 is 2.45 bits per heavy atom. The van der Waals surface area contributed by atoms with Crippen LogP contribution in [0, 0.1) is 0 Å². The Morgan fingerprint density at radius 1 is 1.00 bits per heavy atom. The second-order valence-corrected chi connectivity index (χ2v) is 8.71. The normalized spacial score (nSPS) is 11.8. The molecule has 4 aromatic rings. The first kappa shape index (κ1) is 20.5. The molecular weight excluding hydrogens is 416 g/mol. The van der Waals surface area contributed by atoms with E-state index in [2.05, 4.69) is 10.0 Å². The maximum absolute atomic E-state index is 12.4. The molecule has 1 heterocycles. The number of fused-ring (bicyclic) bond motifs is 3. The van der Waals surface area contributed by atoms with E-state index in [9.17, 15) is 13.2 Å². The maximum atomic E-state index is 12.4. The van der Waals surface area contributed by atoms with Crippen molar-refractivity contribution in [3.63, 3.8) is 0 Å². The summed E-state index contributed by atoms with van der Waals surface area (Å²) in [6, 6.07) is 17.9. The van der Waals surface area contributed by atoms with Gasteiger partial charge in [-0.15, -0.1) is 0 Å². The predicted molar refractivity (Wildman–Crippen MR) is 123 cm³/mol. The van der Waals surface area contributed by atoms with Crippen LogP contribution >= 0.6 is 0 Å². The minimum absolute atomic E-state index is 0.341. The van der Waals surface area contributed by atoms with Crippen molar-refractivity contribution in [2.45, 2.75) is 0 Å². The van der Waals surface area contributed by atoms with Gasteiger partial charge >= 0.3 is 0 Å². The minimum atomic E-state index is -3.33. The van der Waals surface area contributed by atoms with Crippen LogP contribution in [0.15, 0.2) is 71.2 Å². The lowest BCUT2D eigenvalue weighted by atomic mass is 10.1. The zero-order valence-electron chi connectivity index (χ0n) is 16.9. The highest BCUT2D eigenvalue weighted by Crippen LogP contribution is 2.36. The molecule has 158 valence electrons. The number of carbonyl (C=O) groups excluding carboxylic acids is 1. The highest BCUT2D eigenvalue weighted by atomic mass is 32.2. The number of sulfonamides is 1. The van der Waals surface area contributed by atoms with Crippen LogP contribution in [-0.2, 0) is 14.8 Å². The van der Waals surface area contributed by atoms with Gasteiger partial charge in [0.05, 0.1) is 19.1 Å². The van der Waals surface area contributed by atoms with Gasteiger partial charge in [-0.2, -0.15) is 0 Å². The Morgan fingerprint density at radius 2 is 1.74 bits per heavy atom. The third-order valence-electron chi connectivity index (χ3n) is 4.60. The minimum Gasteiger partial charge on any atom is -0.495 e. The van der Waals surface area contributed by atoms with Crippen molar-refractivity contribution in [3.05, 3.63) is 72.3 Å². The number of hydrogen-bond donors (Lipinski definition) is 2. The number of carbonyl (C=O) groups is 1. The molecule has 0 saturated heterocycles. The summed E-state index contributed by atoms with van der Waals surface area (Å²) in [7, 11) is -1.79. The van der Waals surface area contributed by atoms with Crippen LogP contribution in [-0.4, -0.2) is 27.7 Å². The van der Waals surface area contributed by atoms with Gasteiger partial charge in [0.1, 0.15) is 16.9 Å². The average Bonchev–Trinajstić information content (AvgIpc) is 3.09. The molecule has 31 heavy (non-hydrogen) atoms. The number of ether oxygens (including phenoxy) is 1. The highest BCUT2D eigenvalue weighted by Gasteiger charge is 2.13. The molecule has 0 spiro atoms. The highest BCUT2D eigenvalue weighted by molar-refractivity contribution is 7.92. The molecule has 4 rings (SSSR count). The van der Waals surface area contributed by atoms with E-state index in [-0.39, 0.29) is 5.91 Å². The van der Waals surface area contributed by atoms with Crippen LogP contribution in [0.5, 0.6) is 5.75 Å². The van der Waals surface area contributed by atoms with Gasteiger partial charge in [0.25, 0.3) is 0 Å². The molecular formula is C23H20N2O5S. The Kier molecular flexibility index (Phi) is 5.39. The Balaban J connectivity index is 1.53. The summed E-state index contributed by atoms with van der Waals surface area (Å²) in [5.74, 6) is 0.184. The number of furan rings is 1. The van der Waals surface area contributed by atoms with E-state index in [1.54, 1.807) is 43.5 Å². The molecule has 0 aliphatic carbocycles. The van der Waals surface area contributed by atoms with Crippen molar-refractivity contribution in [2.75, 3.05) is 23.4 Å². The first-order valence-corrected chi connectivity index (χ1v) is 11.3. The second-order valence-electron chi connectivity index (χ2n) is 6.97. The fourth-order valence-corrected chi connectivity index (χ4v) is 3.80. The van der Waals surface area contributed by atoms with E-state index < -0.39 is 10.0 Å². The van der Waals surface area contributed by atoms with Gasteiger partial charge in [-0.1, -0.05) is 30.3 Å². The first-order valence-electron chi connectivity index (χ1n) is 9.38. The summed E-state index contributed by atoms with van der Waals surface area (Å²) < 4.78 is 36.2. The van der Waals surface area contributed by atoms with Gasteiger partial charge in [0.15, 0.2) is 0 Å². The summed E-state index contributed by atoms with van der Waals surface area (Å²) in [5.41, 5.74) is 3.10. The average molecular weight is 436 g/mol. The number of hydrogen-bond acceptors (Lipinski definition) is 5. The number of nitrogens with one attached hydrogen (secondary N) is 2. The van der Waals surface area contributed by atoms with Crippen molar-refractivity contribution in [1.29, 1.82) is 0 Å². The van der Waals surface area contributed by atoms with Gasteiger partial charge in [-0.25, -0.2) is 8.42 Å². The molecule has 0 aliphatic rings. The number of anilines is 2. The number of para-hydroxylation sites is 1. The molecule has 1 aromatic heterocycles. The smallest absolute Gasteiger partial charge is 0.248 e. The number of methoxy groups -OCH3 is 1. The van der Waals surface area contributed by atoms with E-state index in [0.717, 1.165) is 28.2 Å². The Bertz CT molecular complexity index is 1400. The monoisotopic (exact) mass is 436 g/mol. The van der Waals surface area contributed by atoms with Gasteiger partial charge in [0, 0.05) is 28.6 Å². The third-order valence-corrected chi connectivity index (χ3v) is 5.20. The summed E-state index contributed by atoms with van der Waals surface area (Å²) in [6.45, 7) is 0. The number of benzene rings is 3. The molecule has 1 amide bonds. The van der Waals surface area contributed by atoms with E-state index in [1.807, 2.05) is 30.3 Å². The van der Waals surface area contributed by atoms with Crippen molar-refractivity contribution in [2.24, 2.45) is 0 Å². The second kappa shape index (κ2) is 8.16. The van der Waals surface area contributed by atoms with Gasteiger partial charge in [0.2, 0.25) is 15.9 Å². The van der Waals surface area contributed by atoms with Crippen LogP contribution in [0.3, 0.4) is 0 Å². The number of amides is 1.